The van der Waals surface area contributed by atoms with Crippen LogP contribution in [0.1, 0.15) is 40.0 Å². The van der Waals surface area contributed by atoms with Crippen LogP contribution in [0, 0.1) is 16.7 Å². The van der Waals surface area contributed by atoms with E-state index < -0.39 is 0 Å². The molecule has 0 aliphatic carbocycles. The summed E-state index contributed by atoms with van der Waals surface area (Å²) in [5, 5.41) is 11.9. The van der Waals surface area contributed by atoms with Crippen LogP contribution in [0.2, 0.25) is 0 Å². The molecule has 5 nitrogen and oxygen atoms in total. The second-order valence-electron chi connectivity index (χ2n) is 5.97. The highest BCUT2D eigenvalue weighted by Crippen LogP contribution is 2.22. The lowest BCUT2D eigenvalue weighted by Crippen LogP contribution is -2.53. The van der Waals surface area contributed by atoms with Crippen LogP contribution >= 0.6 is 0 Å². The first-order valence-electron chi connectivity index (χ1n) is 7.51. The van der Waals surface area contributed by atoms with Gasteiger partial charge < -0.3 is 10.1 Å². The quantitative estimate of drug-likeness (QED) is 0.719. The molecule has 1 fully saturated rings. The van der Waals surface area contributed by atoms with Crippen molar-refractivity contribution in [2.75, 3.05) is 32.8 Å². The van der Waals surface area contributed by atoms with Crippen LogP contribution in [0.15, 0.2) is 0 Å². The van der Waals surface area contributed by atoms with E-state index in [0.717, 1.165) is 32.4 Å². The normalized spacial score (nSPS) is 20.4. The van der Waals surface area contributed by atoms with Crippen molar-refractivity contribution in [3.8, 4) is 6.07 Å². The monoisotopic (exact) mass is 281 g/mol. The Kier molecular flexibility index (Phi) is 6.97. The number of nitriles is 1. The summed E-state index contributed by atoms with van der Waals surface area (Å²) in [5.41, 5.74) is -0.246. The van der Waals surface area contributed by atoms with E-state index in [9.17, 15) is 4.79 Å². The van der Waals surface area contributed by atoms with Gasteiger partial charge in [-0.1, -0.05) is 6.42 Å². The summed E-state index contributed by atoms with van der Waals surface area (Å²) in [4.78, 5) is 14.2. The number of nitrogens with zero attached hydrogens (tertiary/aromatic N) is 2. The van der Waals surface area contributed by atoms with Gasteiger partial charge in [0.2, 0.25) is 5.91 Å². The van der Waals surface area contributed by atoms with Gasteiger partial charge in [0.05, 0.1) is 24.7 Å². The number of amides is 1. The Morgan fingerprint density at radius 2 is 2.25 bits per heavy atom. The molecule has 1 heterocycles. The van der Waals surface area contributed by atoms with E-state index in [4.69, 9.17) is 10.00 Å². The van der Waals surface area contributed by atoms with E-state index in [1.165, 1.54) is 0 Å². The molecule has 0 radical (unpaired) electrons. The van der Waals surface area contributed by atoms with Crippen molar-refractivity contribution in [1.29, 1.82) is 5.26 Å². The second-order valence-corrected chi connectivity index (χ2v) is 5.97. The van der Waals surface area contributed by atoms with Crippen molar-refractivity contribution in [3.63, 3.8) is 0 Å². The Morgan fingerprint density at radius 3 is 2.90 bits per heavy atom. The topological polar surface area (TPSA) is 65.4 Å². The summed E-state index contributed by atoms with van der Waals surface area (Å²) in [6.45, 7) is 9.40. The zero-order valence-corrected chi connectivity index (χ0v) is 12.9. The van der Waals surface area contributed by atoms with Crippen LogP contribution in [-0.2, 0) is 9.53 Å². The average Bonchev–Trinajstić information content (AvgIpc) is 2.44. The molecule has 5 heteroatoms. The first kappa shape index (κ1) is 16.9. The molecule has 1 amide bonds. The predicted molar refractivity (Wildman–Crippen MR) is 78.1 cm³/mol. The van der Waals surface area contributed by atoms with Gasteiger partial charge in [-0.25, -0.2) is 0 Å². The highest BCUT2D eigenvalue weighted by atomic mass is 16.5. The Labute approximate surface area is 122 Å². The third kappa shape index (κ3) is 5.48. The van der Waals surface area contributed by atoms with Crippen LogP contribution in [0.4, 0.5) is 0 Å². The standard InChI is InChI=1S/C15H27N3O2/c1-4-17-14(19)13-11-20-10-9-18(13)8-6-5-7-15(2,3)12-16/h13H,4-11H2,1-3H3,(H,17,19). The lowest BCUT2D eigenvalue weighted by molar-refractivity contribution is -0.132. The molecular formula is C15H27N3O2. The summed E-state index contributed by atoms with van der Waals surface area (Å²) >= 11 is 0. The van der Waals surface area contributed by atoms with E-state index >= 15 is 0 Å². The fourth-order valence-corrected chi connectivity index (χ4v) is 2.38. The number of nitrogens with one attached hydrogen (secondary N) is 1. The van der Waals surface area contributed by atoms with Gasteiger partial charge in [-0.3, -0.25) is 9.69 Å². The first-order chi connectivity index (χ1) is 9.50. The summed E-state index contributed by atoms with van der Waals surface area (Å²) < 4.78 is 5.41. The third-order valence-electron chi connectivity index (χ3n) is 3.69. The maximum atomic E-state index is 12.0. The molecule has 1 unspecified atom stereocenters. The number of hydrogen-bond donors (Lipinski definition) is 1. The van der Waals surface area contributed by atoms with Crippen molar-refractivity contribution in [3.05, 3.63) is 0 Å². The van der Waals surface area contributed by atoms with E-state index in [-0.39, 0.29) is 17.4 Å². The number of carbonyl (C=O) groups is 1. The van der Waals surface area contributed by atoms with Gasteiger partial charge in [0.1, 0.15) is 6.04 Å². The van der Waals surface area contributed by atoms with Crippen molar-refractivity contribution in [2.45, 2.75) is 46.1 Å². The number of morpholine rings is 1. The number of rotatable bonds is 7. The van der Waals surface area contributed by atoms with Gasteiger partial charge in [0.25, 0.3) is 0 Å². The minimum absolute atomic E-state index is 0.0598. The number of unbranched alkanes of at least 4 members (excludes halogenated alkanes) is 1. The number of carbonyl (C=O) groups excluding carboxylic acids is 1. The van der Waals surface area contributed by atoms with E-state index in [1.54, 1.807) is 0 Å². The third-order valence-corrected chi connectivity index (χ3v) is 3.69. The molecule has 1 N–H and O–H groups in total. The Morgan fingerprint density at radius 1 is 1.50 bits per heavy atom. The van der Waals surface area contributed by atoms with Gasteiger partial charge in [-0.05, 0) is 40.2 Å². The Hall–Kier alpha value is -1.12. The van der Waals surface area contributed by atoms with Gasteiger partial charge in [0, 0.05) is 13.1 Å². The average molecular weight is 281 g/mol. The van der Waals surface area contributed by atoms with Gasteiger partial charge in [-0.2, -0.15) is 5.26 Å². The molecule has 0 spiro atoms. The second kappa shape index (κ2) is 8.23. The SMILES string of the molecule is CCNC(=O)C1COCCN1CCCCC(C)(C)C#N. The number of ether oxygens (including phenoxy) is 1. The number of likely N-dealkylation sites (N-methyl/N-ethyl adjacent to an activating group) is 1. The molecule has 0 aromatic carbocycles. The van der Waals surface area contributed by atoms with Gasteiger partial charge in [-0.15, -0.1) is 0 Å². The van der Waals surface area contributed by atoms with Crippen LogP contribution in [0.25, 0.3) is 0 Å². The lowest BCUT2D eigenvalue weighted by atomic mass is 9.89. The van der Waals surface area contributed by atoms with Crippen molar-refractivity contribution < 1.29 is 9.53 Å². The molecule has 1 rings (SSSR count). The zero-order valence-electron chi connectivity index (χ0n) is 12.9. The summed E-state index contributed by atoms with van der Waals surface area (Å²) in [7, 11) is 0. The molecular weight excluding hydrogens is 254 g/mol. The molecule has 0 aromatic rings. The van der Waals surface area contributed by atoms with Crippen molar-refractivity contribution >= 4 is 5.91 Å². The Bertz CT molecular complexity index is 350. The van der Waals surface area contributed by atoms with E-state index in [2.05, 4.69) is 16.3 Å². The molecule has 1 atom stereocenters. The fraction of sp³-hybridized carbons (Fsp3) is 0.867. The maximum absolute atomic E-state index is 12.0. The highest BCUT2D eigenvalue weighted by molar-refractivity contribution is 5.81. The molecule has 0 bridgehead atoms. The van der Waals surface area contributed by atoms with E-state index in [1.807, 2.05) is 20.8 Å². The lowest BCUT2D eigenvalue weighted by Gasteiger charge is -2.34. The van der Waals surface area contributed by atoms with Gasteiger partial charge >= 0.3 is 0 Å². The first-order valence-corrected chi connectivity index (χ1v) is 7.51. The fourth-order valence-electron chi connectivity index (χ4n) is 2.38. The summed E-state index contributed by atoms with van der Waals surface area (Å²) in [6, 6.07) is 2.17. The van der Waals surface area contributed by atoms with Crippen LogP contribution < -0.4 is 5.32 Å². The summed E-state index contributed by atoms with van der Waals surface area (Å²) in [6.07, 6.45) is 2.93. The minimum atomic E-state index is -0.246. The van der Waals surface area contributed by atoms with Crippen molar-refractivity contribution in [2.24, 2.45) is 5.41 Å². The van der Waals surface area contributed by atoms with Gasteiger partial charge in [0.15, 0.2) is 0 Å². The zero-order chi connectivity index (χ0) is 15.0. The van der Waals surface area contributed by atoms with Crippen LogP contribution in [-0.4, -0.2) is 49.7 Å². The summed E-state index contributed by atoms with van der Waals surface area (Å²) in [5.74, 6) is 0.0598. The van der Waals surface area contributed by atoms with Crippen LogP contribution in [0.5, 0.6) is 0 Å². The van der Waals surface area contributed by atoms with Crippen LogP contribution in [0.3, 0.4) is 0 Å². The van der Waals surface area contributed by atoms with E-state index in [0.29, 0.717) is 19.8 Å². The minimum Gasteiger partial charge on any atom is -0.378 e. The highest BCUT2D eigenvalue weighted by Gasteiger charge is 2.28. The van der Waals surface area contributed by atoms with Crippen molar-refractivity contribution in [1.82, 2.24) is 10.2 Å². The largest absolute Gasteiger partial charge is 0.378 e. The number of hydrogen-bond acceptors (Lipinski definition) is 4. The molecule has 0 aromatic heterocycles. The molecule has 0 saturated carbocycles. The molecule has 114 valence electrons. The molecule has 1 aliphatic rings. The smallest absolute Gasteiger partial charge is 0.239 e. The molecule has 20 heavy (non-hydrogen) atoms. The molecule has 1 aliphatic heterocycles. The maximum Gasteiger partial charge on any atom is 0.239 e. The predicted octanol–water partition coefficient (Wildman–Crippen LogP) is 1.54. The molecule has 1 saturated heterocycles. The Balaban J connectivity index is 2.36.